The lowest BCUT2D eigenvalue weighted by atomic mass is 10.0. The van der Waals surface area contributed by atoms with Crippen molar-refractivity contribution in [2.75, 3.05) is 25.1 Å². The summed E-state index contributed by atoms with van der Waals surface area (Å²) in [7, 11) is -5.09. The second-order valence-corrected chi connectivity index (χ2v) is 10.9. The largest absolute Gasteiger partial charge is 0.393 e. The fourth-order valence-electron chi connectivity index (χ4n) is 4.32. The molecule has 7 N–H and O–H groups in total. The highest BCUT2D eigenvalue weighted by Gasteiger charge is 2.51. The second-order valence-electron chi connectivity index (χ2n) is 8.62. The van der Waals surface area contributed by atoms with E-state index in [2.05, 4.69) is 15.4 Å². The molecule has 1 saturated heterocycles. The zero-order valence-corrected chi connectivity index (χ0v) is 19.7. The summed E-state index contributed by atoms with van der Waals surface area (Å²) in [5, 5.41) is 45.3. The Bertz CT molecular complexity index is 1060. The first-order chi connectivity index (χ1) is 16.1. The molecule has 2 aromatic rings. The third kappa shape index (κ3) is 4.70. The van der Waals surface area contributed by atoms with Crippen molar-refractivity contribution in [1.82, 2.24) is 14.6 Å². The Morgan fingerprint density at radius 2 is 1.91 bits per heavy atom. The Morgan fingerprint density at radius 1 is 1.24 bits per heavy atom. The summed E-state index contributed by atoms with van der Waals surface area (Å²) >= 11 is 6.23. The normalized spacial score (nSPS) is 26.6. The topological polar surface area (TPSA) is 199 Å². The molecule has 190 valence electrons. The lowest BCUT2D eigenvalue weighted by Gasteiger charge is -2.31. The van der Waals surface area contributed by atoms with Crippen LogP contribution in [0.5, 0.6) is 0 Å². The summed E-state index contributed by atoms with van der Waals surface area (Å²) in [6.45, 7) is -2.96. The first-order valence-electron chi connectivity index (χ1n) is 10.8. The first kappa shape index (κ1) is 25.7. The van der Waals surface area contributed by atoms with Gasteiger partial charge in [0.2, 0.25) is 5.34 Å². The fourth-order valence-corrected chi connectivity index (χ4v) is 5.12. The van der Waals surface area contributed by atoms with Crippen molar-refractivity contribution in [2.45, 2.75) is 61.5 Å². The van der Waals surface area contributed by atoms with E-state index in [1.165, 1.54) is 10.7 Å². The van der Waals surface area contributed by atoms with E-state index in [9.17, 15) is 34.8 Å². The molecule has 0 aromatic carbocycles. The zero-order chi connectivity index (χ0) is 24.7. The molecule has 0 radical (unpaired) electrons. The van der Waals surface area contributed by atoms with E-state index in [0.29, 0.717) is 17.0 Å². The van der Waals surface area contributed by atoms with Crippen LogP contribution >= 0.6 is 19.2 Å². The Morgan fingerprint density at radius 3 is 2.53 bits per heavy atom. The number of hydrogen-bond donors (Lipinski definition) is 7. The second kappa shape index (κ2) is 9.94. The first-order valence-corrected chi connectivity index (χ1v) is 12.8. The van der Waals surface area contributed by atoms with E-state index >= 15 is 0 Å². The van der Waals surface area contributed by atoms with Gasteiger partial charge in [0.05, 0.1) is 26.0 Å². The molecule has 4 atom stereocenters. The van der Waals surface area contributed by atoms with Gasteiger partial charge < -0.3 is 45.0 Å². The van der Waals surface area contributed by atoms with E-state index in [4.69, 9.17) is 21.1 Å². The van der Waals surface area contributed by atoms with E-state index in [1.807, 2.05) is 0 Å². The average molecular weight is 523 g/mol. The van der Waals surface area contributed by atoms with Gasteiger partial charge in [-0.15, -0.1) is 0 Å². The third-order valence-corrected chi connectivity index (χ3v) is 8.05. The lowest BCUT2D eigenvalue weighted by Crippen LogP contribution is -2.44. The van der Waals surface area contributed by atoms with Crippen molar-refractivity contribution >= 4 is 30.7 Å². The summed E-state index contributed by atoms with van der Waals surface area (Å²) in [6.07, 6.45) is 0.463. The van der Waals surface area contributed by atoms with Gasteiger partial charge in [-0.25, -0.2) is 4.98 Å². The van der Waals surface area contributed by atoms with Crippen LogP contribution in [0.2, 0.25) is 5.15 Å². The zero-order valence-electron chi connectivity index (χ0n) is 18.1. The van der Waals surface area contributed by atoms with Gasteiger partial charge in [0.25, 0.3) is 0 Å². The summed E-state index contributed by atoms with van der Waals surface area (Å²) in [5.74, 6) is 0.624. The number of fused-ring (bicyclic) bond motifs is 1. The fraction of sp³-hybridized carbons (Fsp3) is 0.684. The van der Waals surface area contributed by atoms with Crippen LogP contribution in [0.3, 0.4) is 0 Å². The molecular formula is C19H28ClN4O9P. The minimum atomic E-state index is -5.09. The predicted molar refractivity (Wildman–Crippen MR) is 118 cm³/mol. The molecular weight excluding hydrogens is 495 g/mol. The number of hydrogen-bond acceptors (Lipinski definition) is 10. The lowest BCUT2D eigenvalue weighted by molar-refractivity contribution is -0.114. The quantitative estimate of drug-likeness (QED) is 0.169. The van der Waals surface area contributed by atoms with Crippen LogP contribution in [0, 0.1) is 0 Å². The summed E-state index contributed by atoms with van der Waals surface area (Å²) in [4.78, 5) is 23.2. The molecule has 2 aromatic heterocycles. The molecule has 0 bridgehead atoms. The van der Waals surface area contributed by atoms with Crippen LogP contribution in [0.1, 0.15) is 37.4 Å². The number of nitrogens with zero attached hydrogens (tertiary/aromatic N) is 3. The molecule has 1 saturated carbocycles. The maximum absolute atomic E-state index is 11.7. The van der Waals surface area contributed by atoms with Crippen molar-refractivity contribution in [1.29, 1.82) is 0 Å². The van der Waals surface area contributed by atoms with Gasteiger partial charge in [0.1, 0.15) is 35.4 Å². The highest BCUT2D eigenvalue weighted by Crippen LogP contribution is 2.51. The highest BCUT2D eigenvalue weighted by molar-refractivity contribution is 7.53. The Kier molecular flexibility index (Phi) is 7.51. The monoisotopic (exact) mass is 522 g/mol. The smallest absolute Gasteiger partial charge is 0.361 e. The summed E-state index contributed by atoms with van der Waals surface area (Å²) in [6, 6.07) is 1.92. The molecule has 2 aliphatic rings. The van der Waals surface area contributed by atoms with Gasteiger partial charge in [0.15, 0.2) is 5.65 Å². The molecule has 0 spiro atoms. The van der Waals surface area contributed by atoms with Gasteiger partial charge in [-0.1, -0.05) is 24.4 Å². The predicted octanol–water partition coefficient (Wildman–Crippen LogP) is -0.226. The Labute approximate surface area is 199 Å². The maximum atomic E-state index is 11.7. The number of aromatic nitrogens is 3. The van der Waals surface area contributed by atoms with Crippen molar-refractivity contribution in [3.8, 4) is 0 Å². The van der Waals surface area contributed by atoms with E-state index in [0.717, 1.165) is 25.7 Å². The van der Waals surface area contributed by atoms with Crippen molar-refractivity contribution in [3.05, 3.63) is 23.0 Å². The van der Waals surface area contributed by atoms with Crippen LogP contribution in [-0.2, 0) is 14.0 Å². The van der Waals surface area contributed by atoms with Gasteiger partial charge in [-0.2, -0.15) is 9.61 Å². The van der Waals surface area contributed by atoms with Crippen LogP contribution in [-0.4, -0.2) is 94.3 Å². The number of nitrogens with one attached hydrogen (secondary N) is 1. The number of anilines is 1. The van der Waals surface area contributed by atoms with E-state index in [-0.39, 0.29) is 11.2 Å². The van der Waals surface area contributed by atoms with Crippen molar-refractivity contribution in [3.63, 3.8) is 0 Å². The third-order valence-electron chi connectivity index (χ3n) is 6.39. The molecule has 3 heterocycles. The van der Waals surface area contributed by atoms with E-state index < -0.39 is 57.2 Å². The minimum absolute atomic E-state index is 0.194. The molecule has 13 nitrogen and oxygen atoms in total. The highest BCUT2D eigenvalue weighted by atomic mass is 35.5. The number of aliphatic hydroxyl groups excluding tert-OH is 4. The summed E-state index contributed by atoms with van der Waals surface area (Å²) in [5.41, 5.74) is 0.651. The van der Waals surface area contributed by atoms with E-state index in [1.54, 1.807) is 6.07 Å². The number of aliphatic hydroxyl groups is 4. The molecule has 34 heavy (non-hydrogen) atoms. The molecule has 0 amide bonds. The molecule has 2 fully saturated rings. The Balaban J connectivity index is 1.56. The van der Waals surface area contributed by atoms with Crippen LogP contribution in [0.4, 0.5) is 5.82 Å². The van der Waals surface area contributed by atoms with Crippen molar-refractivity contribution in [2.24, 2.45) is 0 Å². The average Bonchev–Trinajstić information content (AvgIpc) is 3.50. The number of rotatable bonds is 9. The molecule has 1 aliphatic heterocycles. The Hall–Kier alpha value is -1.38. The standard InChI is InChI=1S/C19H28ClN4O9P/c20-13-5-14(22-10-3-1-2-4-10)24-18(23-13)11(6-21-24)17-16(28)15(27)12(33-17)7-32-19(8-25,9-26)34(29,30)31/h5-6,10,12,15-17,22,25-28H,1-4,7-9H2,(H2,29,30,31)/t12-,15-,16-,17+/m1/s1. The van der Waals surface area contributed by atoms with Crippen LogP contribution in [0.15, 0.2) is 12.3 Å². The number of ether oxygens (including phenoxy) is 2. The SMILES string of the molecule is O=P(O)(O)C(CO)(CO)OC[C@H]1O[C@@H](c2cnn3c(NC4CCCC4)cc(Cl)nc23)[C@H](O)[C@@H]1O. The molecule has 1 aliphatic carbocycles. The minimum Gasteiger partial charge on any atom is -0.393 e. The molecule has 4 rings (SSSR count). The van der Waals surface area contributed by atoms with Gasteiger partial charge in [-0.3, -0.25) is 4.57 Å². The molecule has 0 unspecified atom stereocenters. The van der Waals surface area contributed by atoms with Crippen molar-refractivity contribution < 1.29 is 44.3 Å². The van der Waals surface area contributed by atoms with Gasteiger partial charge in [0, 0.05) is 17.7 Å². The maximum Gasteiger partial charge on any atom is 0.361 e. The molecule has 15 heteroatoms. The van der Waals surface area contributed by atoms with Crippen LogP contribution in [0.25, 0.3) is 5.65 Å². The number of halogens is 1. The van der Waals surface area contributed by atoms with Gasteiger partial charge >= 0.3 is 7.60 Å². The van der Waals surface area contributed by atoms with Crippen LogP contribution < -0.4 is 5.32 Å². The summed E-state index contributed by atoms with van der Waals surface area (Å²) < 4.78 is 24.1. The van der Waals surface area contributed by atoms with Gasteiger partial charge in [-0.05, 0) is 12.8 Å².